The van der Waals surface area contributed by atoms with Crippen molar-refractivity contribution in [2.75, 3.05) is 24.5 Å². The van der Waals surface area contributed by atoms with Crippen molar-refractivity contribution in [3.8, 4) is 5.75 Å². The summed E-state index contributed by atoms with van der Waals surface area (Å²) in [6.45, 7) is 7.08. The number of anilines is 1. The predicted molar refractivity (Wildman–Crippen MR) is 189 cm³/mol. The van der Waals surface area contributed by atoms with Crippen molar-refractivity contribution in [1.29, 1.82) is 0 Å². The van der Waals surface area contributed by atoms with Crippen LogP contribution in [0.25, 0.3) is 0 Å². The Bertz CT molecular complexity index is 1880. The van der Waals surface area contributed by atoms with Gasteiger partial charge in [0.15, 0.2) is 0 Å². The van der Waals surface area contributed by atoms with Gasteiger partial charge in [-0.05, 0) is 66.8 Å². The molecule has 0 aromatic heterocycles. The largest absolute Gasteiger partial charge is 0.497 e. The number of aryl methyl sites for hydroxylation is 2. The third-order valence-corrected chi connectivity index (χ3v) is 9.93. The number of sulfonamides is 1. The van der Waals surface area contributed by atoms with Crippen LogP contribution in [0, 0.1) is 29.9 Å². The molecule has 0 aliphatic rings. The number of nitrogens with zero attached hydrogens (tertiary/aromatic N) is 3. The second-order valence-electron chi connectivity index (χ2n) is 12.2. The average molecular weight is 687 g/mol. The standard InChI is InChI=1S/C37H42N4O7S/c1-26(2)23-38-37(43)35(21-29-12-7-6-8-13-29)39(24-30-14-10-9-11-27(30)3)36(42)25-40(31-16-18-32(48-5)19-17-31)49(46,47)33-20-15-28(4)34(22-33)41(44)45/h6-20,22,26,35H,21,23-25H2,1-5H3,(H,38,43)/t35-/m1/s1. The number of hydrogen-bond acceptors (Lipinski definition) is 7. The van der Waals surface area contributed by atoms with Crippen LogP contribution >= 0.6 is 0 Å². The van der Waals surface area contributed by atoms with E-state index in [-0.39, 0.29) is 46.6 Å². The topological polar surface area (TPSA) is 139 Å². The summed E-state index contributed by atoms with van der Waals surface area (Å²) in [6, 6.07) is 25.5. The van der Waals surface area contributed by atoms with E-state index in [1.165, 1.54) is 43.2 Å². The lowest BCUT2D eigenvalue weighted by Gasteiger charge is -2.34. The molecule has 49 heavy (non-hydrogen) atoms. The number of hydrogen-bond donors (Lipinski definition) is 1. The Labute approximate surface area is 287 Å². The van der Waals surface area contributed by atoms with E-state index < -0.39 is 33.4 Å². The lowest BCUT2D eigenvalue weighted by Crippen LogP contribution is -2.53. The van der Waals surface area contributed by atoms with Crippen molar-refractivity contribution in [2.24, 2.45) is 5.92 Å². The molecule has 11 nitrogen and oxygen atoms in total. The van der Waals surface area contributed by atoms with Gasteiger partial charge in [-0.15, -0.1) is 0 Å². The molecule has 12 heteroatoms. The first-order valence-electron chi connectivity index (χ1n) is 15.9. The molecule has 0 aliphatic carbocycles. The summed E-state index contributed by atoms with van der Waals surface area (Å²) in [4.78, 5) is 40.8. The van der Waals surface area contributed by atoms with Crippen molar-refractivity contribution in [3.05, 3.63) is 129 Å². The minimum absolute atomic E-state index is 0.0324. The molecule has 2 amide bonds. The van der Waals surface area contributed by atoms with E-state index in [2.05, 4.69) is 5.32 Å². The highest BCUT2D eigenvalue weighted by atomic mass is 32.2. The predicted octanol–water partition coefficient (Wildman–Crippen LogP) is 5.83. The Balaban J connectivity index is 1.85. The highest BCUT2D eigenvalue weighted by Gasteiger charge is 2.35. The van der Waals surface area contributed by atoms with Gasteiger partial charge >= 0.3 is 0 Å². The van der Waals surface area contributed by atoms with Crippen LogP contribution in [0.5, 0.6) is 5.75 Å². The van der Waals surface area contributed by atoms with E-state index in [0.717, 1.165) is 27.1 Å². The van der Waals surface area contributed by atoms with E-state index in [0.29, 0.717) is 12.3 Å². The molecule has 4 rings (SSSR count). The maximum atomic E-state index is 14.7. The molecule has 0 fully saturated rings. The SMILES string of the molecule is COc1ccc(N(CC(=O)N(Cc2ccccc2C)[C@H](Cc2ccccc2)C(=O)NCC(C)C)S(=O)(=O)c2ccc(C)c([N+](=O)[O-])c2)cc1. The van der Waals surface area contributed by atoms with Gasteiger partial charge in [-0.3, -0.25) is 24.0 Å². The van der Waals surface area contributed by atoms with Crippen LogP contribution in [0.2, 0.25) is 0 Å². The molecule has 258 valence electrons. The number of methoxy groups -OCH3 is 1. The lowest BCUT2D eigenvalue weighted by atomic mass is 10.0. The maximum absolute atomic E-state index is 14.7. The highest BCUT2D eigenvalue weighted by Crippen LogP contribution is 2.30. The molecule has 4 aromatic carbocycles. The van der Waals surface area contributed by atoms with Gasteiger partial charge in [-0.1, -0.05) is 74.5 Å². The Morgan fingerprint density at radius 1 is 0.898 bits per heavy atom. The zero-order valence-electron chi connectivity index (χ0n) is 28.3. The number of nitrogens with one attached hydrogen (secondary N) is 1. The first-order valence-corrected chi connectivity index (χ1v) is 17.3. The summed E-state index contributed by atoms with van der Waals surface area (Å²) in [5.41, 5.74) is 2.56. The molecule has 1 N–H and O–H groups in total. The first kappa shape index (κ1) is 36.6. The number of benzene rings is 4. The number of carbonyl (C=O) groups is 2. The van der Waals surface area contributed by atoms with Gasteiger partial charge in [0.25, 0.3) is 15.7 Å². The molecule has 4 aromatic rings. The molecule has 0 bridgehead atoms. The highest BCUT2D eigenvalue weighted by molar-refractivity contribution is 7.92. The van der Waals surface area contributed by atoms with Crippen LogP contribution in [-0.4, -0.2) is 56.3 Å². The number of nitro benzene ring substituents is 1. The second-order valence-corrected chi connectivity index (χ2v) is 14.1. The molecule has 0 heterocycles. The lowest BCUT2D eigenvalue weighted by molar-refractivity contribution is -0.385. The van der Waals surface area contributed by atoms with Crippen LogP contribution in [-0.2, 0) is 32.6 Å². The summed E-state index contributed by atoms with van der Waals surface area (Å²) in [5.74, 6) is -0.391. The fraction of sp³-hybridized carbons (Fsp3) is 0.297. The Kier molecular flexibility index (Phi) is 12.1. The molecule has 1 atom stereocenters. The monoisotopic (exact) mass is 686 g/mol. The fourth-order valence-electron chi connectivity index (χ4n) is 5.30. The molecular weight excluding hydrogens is 644 g/mol. The van der Waals surface area contributed by atoms with Crippen molar-refractivity contribution in [3.63, 3.8) is 0 Å². The zero-order valence-corrected chi connectivity index (χ0v) is 29.1. The Morgan fingerprint density at radius 3 is 2.16 bits per heavy atom. The third kappa shape index (κ3) is 9.23. The van der Waals surface area contributed by atoms with E-state index >= 15 is 0 Å². The van der Waals surface area contributed by atoms with E-state index in [9.17, 15) is 28.1 Å². The van der Waals surface area contributed by atoms with Gasteiger partial charge in [0.2, 0.25) is 11.8 Å². The minimum Gasteiger partial charge on any atom is -0.497 e. The van der Waals surface area contributed by atoms with Crippen LogP contribution in [0.4, 0.5) is 11.4 Å². The average Bonchev–Trinajstić information content (AvgIpc) is 3.08. The van der Waals surface area contributed by atoms with Crippen molar-refractivity contribution >= 4 is 33.2 Å². The van der Waals surface area contributed by atoms with Crippen LogP contribution in [0.1, 0.15) is 36.1 Å². The summed E-state index contributed by atoms with van der Waals surface area (Å²) in [6.07, 6.45) is 0.182. The van der Waals surface area contributed by atoms with E-state index in [1.54, 1.807) is 12.1 Å². The van der Waals surface area contributed by atoms with E-state index in [1.807, 2.05) is 75.4 Å². The van der Waals surface area contributed by atoms with Crippen LogP contribution in [0.3, 0.4) is 0 Å². The molecule has 0 saturated carbocycles. The number of rotatable bonds is 15. The van der Waals surface area contributed by atoms with Gasteiger partial charge in [-0.2, -0.15) is 0 Å². The van der Waals surface area contributed by atoms with Gasteiger partial charge in [0.05, 0.1) is 22.6 Å². The molecule has 0 spiro atoms. The fourth-order valence-corrected chi connectivity index (χ4v) is 6.73. The van der Waals surface area contributed by atoms with Crippen LogP contribution in [0.15, 0.2) is 102 Å². The quantitative estimate of drug-likeness (QED) is 0.123. The normalized spacial score (nSPS) is 11.9. The Morgan fingerprint density at radius 2 is 1.55 bits per heavy atom. The maximum Gasteiger partial charge on any atom is 0.273 e. The summed E-state index contributed by atoms with van der Waals surface area (Å²) in [7, 11) is -3.07. The van der Waals surface area contributed by atoms with Gasteiger partial charge < -0.3 is 15.0 Å². The Hall–Kier alpha value is -5.23. The summed E-state index contributed by atoms with van der Waals surface area (Å²) in [5, 5.41) is 14.7. The molecule has 0 saturated heterocycles. The minimum atomic E-state index is -4.54. The zero-order chi connectivity index (χ0) is 35.7. The van der Waals surface area contributed by atoms with Gasteiger partial charge in [0, 0.05) is 31.1 Å². The number of amides is 2. The van der Waals surface area contributed by atoms with Crippen molar-refractivity contribution < 1.29 is 27.7 Å². The van der Waals surface area contributed by atoms with Gasteiger partial charge in [-0.25, -0.2) is 8.42 Å². The molecule has 0 aliphatic heterocycles. The van der Waals surface area contributed by atoms with Crippen molar-refractivity contribution in [2.45, 2.75) is 51.6 Å². The summed E-state index contributed by atoms with van der Waals surface area (Å²) < 4.78 is 34.9. The van der Waals surface area contributed by atoms with Crippen molar-refractivity contribution in [1.82, 2.24) is 10.2 Å². The number of carbonyl (C=O) groups excluding carboxylic acids is 2. The summed E-state index contributed by atoms with van der Waals surface area (Å²) >= 11 is 0. The molecule has 0 radical (unpaired) electrons. The smallest absolute Gasteiger partial charge is 0.273 e. The van der Waals surface area contributed by atoms with Crippen LogP contribution < -0.4 is 14.4 Å². The first-order chi connectivity index (χ1) is 23.3. The van der Waals surface area contributed by atoms with E-state index in [4.69, 9.17) is 4.74 Å². The third-order valence-electron chi connectivity index (χ3n) is 8.16. The molecule has 0 unspecified atom stereocenters. The van der Waals surface area contributed by atoms with Gasteiger partial charge in [0.1, 0.15) is 18.3 Å². The molecular formula is C37H42N4O7S. The number of ether oxygens (including phenoxy) is 1. The second kappa shape index (κ2) is 16.2. The number of nitro groups is 1.